The predicted octanol–water partition coefficient (Wildman–Crippen LogP) is 1.63. The zero-order valence-corrected chi connectivity index (χ0v) is 12.5. The minimum Gasteiger partial charge on any atom is -0.497 e. The standard InChI is InChI=1S/C14H16N2O4S/c1-3-20-13(18)9-8-12(17)16-14(21)15-10-4-6-11(19-2)7-5-10/h4-9H,3H2,1-2H3,(H2,15,16,17,21)/b9-8+. The van der Waals surface area contributed by atoms with Gasteiger partial charge in [0.1, 0.15) is 5.75 Å². The highest BCUT2D eigenvalue weighted by molar-refractivity contribution is 7.80. The van der Waals surface area contributed by atoms with Gasteiger partial charge in [0.2, 0.25) is 5.91 Å². The van der Waals surface area contributed by atoms with E-state index < -0.39 is 11.9 Å². The van der Waals surface area contributed by atoms with Gasteiger partial charge in [-0.25, -0.2) is 4.79 Å². The van der Waals surface area contributed by atoms with Crippen molar-refractivity contribution in [2.45, 2.75) is 6.92 Å². The molecule has 0 aromatic heterocycles. The Morgan fingerprint density at radius 1 is 1.24 bits per heavy atom. The van der Waals surface area contributed by atoms with E-state index in [-0.39, 0.29) is 11.7 Å². The van der Waals surface area contributed by atoms with Gasteiger partial charge in [0.15, 0.2) is 5.11 Å². The van der Waals surface area contributed by atoms with Gasteiger partial charge in [-0.3, -0.25) is 10.1 Å². The van der Waals surface area contributed by atoms with E-state index in [4.69, 9.17) is 17.0 Å². The van der Waals surface area contributed by atoms with Gasteiger partial charge in [-0.1, -0.05) is 0 Å². The molecule has 21 heavy (non-hydrogen) atoms. The maximum absolute atomic E-state index is 11.5. The number of anilines is 1. The fraction of sp³-hybridized carbons (Fsp3) is 0.214. The van der Waals surface area contributed by atoms with Gasteiger partial charge >= 0.3 is 5.97 Å². The van der Waals surface area contributed by atoms with E-state index in [1.807, 2.05) is 0 Å². The van der Waals surface area contributed by atoms with Crippen LogP contribution < -0.4 is 15.4 Å². The summed E-state index contributed by atoms with van der Waals surface area (Å²) in [6, 6.07) is 7.03. The van der Waals surface area contributed by atoms with Crippen LogP contribution in [0, 0.1) is 0 Å². The number of hydrogen-bond acceptors (Lipinski definition) is 5. The van der Waals surface area contributed by atoms with Crippen molar-refractivity contribution >= 4 is 34.9 Å². The Morgan fingerprint density at radius 2 is 1.90 bits per heavy atom. The van der Waals surface area contributed by atoms with Crippen molar-refractivity contribution in [2.75, 3.05) is 19.0 Å². The fourth-order valence-corrected chi connectivity index (χ4v) is 1.54. The van der Waals surface area contributed by atoms with Crippen LogP contribution in [0.5, 0.6) is 5.75 Å². The second-order valence-electron chi connectivity index (χ2n) is 3.76. The van der Waals surface area contributed by atoms with Gasteiger partial charge in [-0.15, -0.1) is 0 Å². The van der Waals surface area contributed by atoms with Crippen molar-refractivity contribution in [1.29, 1.82) is 0 Å². The number of benzene rings is 1. The molecule has 0 saturated heterocycles. The average molecular weight is 308 g/mol. The lowest BCUT2D eigenvalue weighted by Crippen LogP contribution is -2.32. The van der Waals surface area contributed by atoms with Crippen molar-refractivity contribution in [3.8, 4) is 5.75 Å². The van der Waals surface area contributed by atoms with E-state index in [1.54, 1.807) is 38.3 Å². The highest BCUT2D eigenvalue weighted by atomic mass is 32.1. The van der Waals surface area contributed by atoms with E-state index in [0.717, 1.165) is 12.2 Å². The molecule has 7 heteroatoms. The van der Waals surface area contributed by atoms with Crippen LogP contribution >= 0.6 is 12.2 Å². The molecule has 1 aromatic carbocycles. The number of thiocarbonyl (C=S) groups is 1. The fourth-order valence-electron chi connectivity index (χ4n) is 1.32. The van der Waals surface area contributed by atoms with Crippen LogP contribution in [0.1, 0.15) is 6.92 Å². The lowest BCUT2D eigenvalue weighted by Gasteiger charge is -2.08. The second kappa shape index (κ2) is 8.70. The molecule has 1 rings (SSSR count). The largest absolute Gasteiger partial charge is 0.497 e. The molecule has 0 heterocycles. The van der Waals surface area contributed by atoms with Crippen LogP contribution in [0.15, 0.2) is 36.4 Å². The molecule has 0 bridgehead atoms. The summed E-state index contributed by atoms with van der Waals surface area (Å²) in [7, 11) is 1.57. The monoisotopic (exact) mass is 308 g/mol. The number of nitrogens with one attached hydrogen (secondary N) is 2. The summed E-state index contributed by atoms with van der Waals surface area (Å²) in [5.41, 5.74) is 0.704. The van der Waals surface area contributed by atoms with Gasteiger partial charge in [0, 0.05) is 17.8 Å². The molecule has 0 aliphatic heterocycles. The molecule has 0 radical (unpaired) electrons. The third kappa shape index (κ3) is 6.53. The van der Waals surface area contributed by atoms with E-state index in [0.29, 0.717) is 11.4 Å². The molecule has 112 valence electrons. The van der Waals surface area contributed by atoms with Crippen molar-refractivity contribution in [3.05, 3.63) is 36.4 Å². The minimum absolute atomic E-state index is 0.124. The molecule has 6 nitrogen and oxygen atoms in total. The molecule has 0 fully saturated rings. The number of methoxy groups -OCH3 is 1. The number of rotatable bonds is 5. The van der Waals surface area contributed by atoms with Crippen molar-refractivity contribution < 1.29 is 19.1 Å². The number of ether oxygens (including phenoxy) is 2. The van der Waals surface area contributed by atoms with Crippen LogP contribution in [0.3, 0.4) is 0 Å². The first-order chi connectivity index (χ1) is 10.0. The van der Waals surface area contributed by atoms with E-state index in [1.165, 1.54) is 0 Å². The molecule has 2 N–H and O–H groups in total. The summed E-state index contributed by atoms with van der Waals surface area (Å²) in [5.74, 6) is -0.386. The molecule has 1 aromatic rings. The number of esters is 1. The summed E-state index contributed by atoms with van der Waals surface area (Å²) in [6.07, 6.45) is 2.09. The third-order valence-corrected chi connectivity index (χ3v) is 2.45. The van der Waals surface area contributed by atoms with Gasteiger partial charge in [0.25, 0.3) is 0 Å². The summed E-state index contributed by atoms with van der Waals surface area (Å²) in [4.78, 5) is 22.5. The highest BCUT2D eigenvalue weighted by Crippen LogP contribution is 2.14. The van der Waals surface area contributed by atoms with Gasteiger partial charge in [-0.2, -0.15) is 0 Å². The third-order valence-electron chi connectivity index (χ3n) is 2.24. The highest BCUT2D eigenvalue weighted by Gasteiger charge is 2.03. The molecular formula is C14H16N2O4S. The maximum atomic E-state index is 11.5. The normalized spacial score (nSPS) is 10.0. The summed E-state index contributed by atoms with van der Waals surface area (Å²) in [6.45, 7) is 1.93. The number of hydrogen-bond donors (Lipinski definition) is 2. The van der Waals surface area contributed by atoms with Gasteiger partial charge in [0.05, 0.1) is 13.7 Å². The van der Waals surface area contributed by atoms with Crippen molar-refractivity contribution in [3.63, 3.8) is 0 Å². The molecule has 0 aliphatic rings. The first kappa shape index (κ1) is 16.6. The Kier molecular flexibility index (Phi) is 6.90. The van der Waals surface area contributed by atoms with Gasteiger partial charge in [-0.05, 0) is 43.4 Å². The minimum atomic E-state index is -0.582. The van der Waals surface area contributed by atoms with Crippen LogP contribution in [-0.4, -0.2) is 30.7 Å². The smallest absolute Gasteiger partial charge is 0.330 e. The maximum Gasteiger partial charge on any atom is 0.330 e. The molecular weight excluding hydrogens is 292 g/mol. The Hall–Kier alpha value is -2.41. The second-order valence-corrected chi connectivity index (χ2v) is 4.17. The first-order valence-corrected chi connectivity index (χ1v) is 6.56. The molecule has 0 spiro atoms. The predicted molar refractivity (Wildman–Crippen MR) is 83.1 cm³/mol. The van der Waals surface area contributed by atoms with Crippen molar-refractivity contribution in [2.24, 2.45) is 0 Å². The zero-order chi connectivity index (χ0) is 15.7. The summed E-state index contributed by atoms with van der Waals surface area (Å²) < 4.78 is 9.68. The van der Waals surface area contributed by atoms with Gasteiger partial charge < -0.3 is 14.8 Å². The lowest BCUT2D eigenvalue weighted by atomic mass is 10.3. The molecule has 0 atom stereocenters. The van der Waals surface area contributed by atoms with Crippen LogP contribution in [0.25, 0.3) is 0 Å². The van der Waals surface area contributed by atoms with Crippen molar-refractivity contribution in [1.82, 2.24) is 5.32 Å². The van der Waals surface area contributed by atoms with E-state index in [2.05, 4.69) is 15.4 Å². The van der Waals surface area contributed by atoms with Crippen LogP contribution in [0.2, 0.25) is 0 Å². The molecule has 1 amide bonds. The van der Waals surface area contributed by atoms with E-state index >= 15 is 0 Å². The average Bonchev–Trinajstić information content (AvgIpc) is 2.46. The lowest BCUT2D eigenvalue weighted by molar-refractivity contribution is -0.137. The first-order valence-electron chi connectivity index (χ1n) is 6.16. The summed E-state index contributed by atoms with van der Waals surface area (Å²) in [5, 5.41) is 5.36. The molecule has 0 saturated carbocycles. The number of amides is 1. The topological polar surface area (TPSA) is 76.7 Å². The SMILES string of the molecule is CCOC(=O)/C=C/C(=O)NC(=S)Nc1ccc(OC)cc1. The molecule has 0 unspecified atom stereocenters. The van der Waals surface area contributed by atoms with Crippen LogP contribution in [-0.2, 0) is 14.3 Å². The Balaban J connectivity index is 2.45. The van der Waals surface area contributed by atoms with Crippen LogP contribution in [0.4, 0.5) is 5.69 Å². The number of carbonyl (C=O) groups excluding carboxylic acids is 2. The zero-order valence-electron chi connectivity index (χ0n) is 11.7. The Bertz CT molecular complexity index is 540. The Labute approximate surface area is 128 Å². The Morgan fingerprint density at radius 3 is 2.48 bits per heavy atom. The van der Waals surface area contributed by atoms with E-state index in [9.17, 15) is 9.59 Å². The number of carbonyl (C=O) groups is 2. The quantitative estimate of drug-likeness (QED) is 0.489. The molecule has 0 aliphatic carbocycles. The summed E-state index contributed by atoms with van der Waals surface area (Å²) >= 11 is 4.98.